The van der Waals surface area contributed by atoms with Crippen molar-refractivity contribution < 1.29 is 38.4 Å². The molecule has 0 aromatic heterocycles. The summed E-state index contributed by atoms with van der Waals surface area (Å²) in [6, 6.07) is 10.6. The van der Waals surface area contributed by atoms with E-state index in [2.05, 4.69) is 38.3 Å². The summed E-state index contributed by atoms with van der Waals surface area (Å²) in [7, 11) is 0. The van der Waals surface area contributed by atoms with E-state index >= 15 is 0 Å². The first kappa shape index (κ1) is 44.2. The van der Waals surface area contributed by atoms with Crippen molar-refractivity contribution in [2.75, 3.05) is 46.1 Å². The molecular formula is C41H65N3O8. The van der Waals surface area contributed by atoms with Crippen molar-refractivity contribution >= 4 is 17.8 Å². The van der Waals surface area contributed by atoms with Crippen LogP contribution in [0.1, 0.15) is 138 Å². The third-order valence-electron chi connectivity index (χ3n) is 9.00. The highest BCUT2D eigenvalue weighted by atomic mass is 16.5. The number of hydrogen-bond acceptors (Lipinski definition) is 8. The largest absolute Gasteiger partial charge is 0.490 e. The summed E-state index contributed by atoms with van der Waals surface area (Å²) < 4.78 is 24.0. The SMILES string of the molecule is CCCCOc1cccc(C(=O)NCCCC(CCCN)(CCCNC(=O)c2cccc(OCCCC)c2OCCCC)C(=O)O)c1OCCCC. The average Bonchev–Trinajstić information content (AvgIpc) is 3.14. The van der Waals surface area contributed by atoms with Gasteiger partial charge >= 0.3 is 5.97 Å². The van der Waals surface area contributed by atoms with E-state index in [9.17, 15) is 19.5 Å². The number of nitrogens with one attached hydrogen (secondary N) is 2. The predicted molar refractivity (Wildman–Crippen MR) is 206 cm³/mol. The zero-order chi connectivity index (χ0) is 38.0. The van der Waals surface area contributed by atoms with Crippen LogP contribution in [0.25, 0.3) is 0 Å². The minimum atomic E-state index is -1.04. The summed E-state index contributed by atoms with van der Waals surface area (Å²) in [6.45, 7) is 11.3. The van der Waals surface area contributed by atoms with Gasteiger partial charge in [0.2, 0.25) is 0 Å². The lowest BCUT2D eigenvalue weighted by atomic mass is 9.75. The first-order chi connectivity index (χ1) is 25.3. The maximum atomic E-state index is 13.4. The fourth-order valence-corrected chi connectivity index (χ4v) is 5.79. The number of nitrogens with two attached hydrogens (primary N) is 1. The smallest absolute Gasteiger partial charge is 0.309 e. The number of unbranched alkanes of at least 4 members (excludes halogenated alkanes) is 4. The van der Waals surface area contributed by atoms with Crippen LogP contribution < -0.4 is 35.3 Å². The van der Waals surface area contributed by atoms with Crippen LogP contribution in [0, 0.1) is 5.41 Å². The Morgan fingerprint density at radius 2 is 0.981 bits per heavy atom. The number of amides is 2. The normalized spacial score (nSPS) is 11.2. The summed E-state index contributed by atoms with van der Waals surface area (Å²) >= 11 is 0. The molecule has 0 fully saturated rings. The van der Waals surface area contributed by atoms with Gasteiger partial charge in [-0.2, -0.15) is 0 Å². The molecule has 2 rings (SSSR count). The molecule has 5 N–H and O–H groups in total. The van der Waals surface area contributed by atoms with Gasteiger partial charge in [0.05, 0.1) is 43.0 Å². The molecule has 0 aliphatic heterocycles. The molecule has 52 heavy (non-hydrogen) atoms. The summed E-state index contributed by atoms with van der Waals surface area (Å²) in [5.74, 6) is 0.473. The van der Waals surface area contributed by atoms with Gasteiger partial charge in [-0.15, -0.1) is 0 Å². The Hall–Kier alpha value is -3.99. The fourth-order valence-electron chi connectivity index (χ4n) is 5.79. The van der Waals surface area contributed by atoms with E-state index in [-0.39, 0.29) is 11.8 Å². The summed E-state index contributed by atoms with van der Waals surface area (Å²) in [5, 5.41) is 16.4. The van der Waals surface area contributed by atoms with Gasteiger partial charge in [-0.1, -0.05) is 65.5 Å². The molecule has 0 bridgehead atoms. The lowest BCUT2D eigenvalue weighted by molar-refractivity contribution is -0.150. The number of rotatable bonds is 30. The molecule has 11 nitrogen and oxygen atoms in total. The molecule has 11 heteroatoms. The Kier molecular flexibility index (Phi) is 22.0. The van der Waals surface area contributed by atoms with Crippen molar-refractivity contribution in [2.24, 2.45) is 11.1 Å². The van der Waals surface area contributed by atoms with E-state index in [1.165, 1.54) is 0 Å². The van der Waals surface area contributed by atoms with Gasteiger partial charge in [-0.05, 0) is 95.0 Å². The number of carboxylic acids is 1. The number of para-hydroxylation sites is 2. The van der Waals surface area contributed by atoms with Crippen molar-refractivity contribution in [3.05, 3.63) is 47.5 Å². The Balaban J connectivity index is 2.07. The quantitative estimate of drug-likeness (QED) is 0.0587. The van der Waals surface area contributed by atoms with Gasteiger partial charge < -0.3 is 40.4 Å². The predicted octanol–water partition coefficient (Wildman–Crippen LogP) is 7.93. The molecular weight excluding hydrogens is 662 g/mol. The number of hydrogen-bond donors (Lipinski definition) is 4. The van der Waals surface area contributed by atoms with Crippen LogP contribution in [0.4, 0.5) is 0 Å². The van der Waals surface area contributed by atoms with Gasteiger partial charge in [-0.25, -0.2) is 0 Å². The molecule has 2 aromatic carbocycles. The van der Waals surface area contributed by atoms with Crippen molar-refractivity contribution in [1.29, 1.82) is 0 Å². The number of aliphatic carboxylic acids is 1. The second-order valence-corrected chi connectivity index (χ2v) is 13.3. The molecule has 0 saturated heterocycles. The number of carboxylic acid groups (broad SMARTS) is 1. The van der Waals surface area contributed by atoms with Crippen LogP contribution in [0.15, 0.2) is 36.4 Å². The fraction of sp³-hybridized carbons (Fsp3) is 0.634. The Labute approximate surface area is 311 Å². The second kappa shape index (κ2) is 25.9. The van der Waals surface area contributed by atoms with Crippen LogP contribution in [0.5, 0.6) is 23.0 Å². The third-order valence-corrected chi connectivity index (χ3v) is 9.00. The molecule has 2 aromatic rings. The van der Waals surface area contributed by atoms with Gasteiger partial charge in [0, 0.05) is 13.1 Å². The Morgan fingerprint density at radius 1 is 0.596 bits per heavy atom. The molecule has 0 aliphatic carbocycles. The third kappa shape index (κ3) is 14.9. The monoisotopic (exact) mass is 727 g/mol. The number of ether oxygens (including phenoxy) is 4. The molecule has 0 heterocycles. The lowest BCUT2D eigenvalue weighted by Gasteiger charge is -2.30. The summed E-state index contributed by atoms with van der Waals surface area (Å²) in [5.41, 5.74) is 5.56. The van der Waals surface area contributed by atoms with E-state index in [0.717, 1.165) is 51.4 Å². The van der Waals surface area contributed by atoms with E-state index in [1.807, 2.05) is 12.1 Å². The van der Waals surface area contributed by atoms with Gasteiger partial charge in [0.25, 0.3) is 11.8 Å². The first-order valence-electron chi connectivity index (χ1n) is 19.5. The molecule has 0 radical (unpaired) electrons. The summed E-state index contributed by atoms with van der Waals surface area (Å²) in [6.07, 6.45) is 9.95. The van der Waals surface area contributed by atoms with Gasteiger partial charge in [0.1, 0.15) is 0 Å². The van der Waals surface area contributed by atoms with Crippen molar-refractivity contribution in [2.45, 2.75) is 118 Å². The number of benzene rings is 2. The minimum absolute atomic E-state index is 0.292. The zero-order valence-corrected chi connectivity index (χ0v) is 32.2. The van der Waals surface area contributed by atoms with Crippen LogP contribution in [-0.2, 0) is 4.79 Å². The van der Waals surface area contributed by atoms with Crippen molar-refractivity contribution in [3.63, 3.8) is 0 Å². The van der Waals surface area contributed by atoms with E-state index < -0.39 is 11.4 Å². The van der Waals surface area contributed by atoms with E-state index in [4.69, 9.17) is 24.7 Å². The van der Waals surface area contributed by atoms with Crippen molar-refractivity contribution in [1.82, 2.24) is 10.6 Å². The summed E-state index contributed by atoms with van der Waals surface area (Å²) in [4.78, 5) is 39.5. The Morgan fingerprint density at radius 3 is 1.35 bits per heavy atom. The highest BCUT2D eigenvalue weighted by molar-refractivity contribution is 5.98. The van der Waals surface area contributed by atoms with Crippen LogP contribution in [-0.4, -0.2) is 69.0 Å². The first-order valence-corrected chi connectivity index (χ1v) is 19.5. The molecule has 292 valence electrons. The maximum Gasteiger partial charge on any atom is 0.309 e. The molecule has 0 atom stereocenters. The average molecular weight is 728 g/mol. The van der Waals surface area contributed by atoms with Crippen LogP contribution >= 0.6 is 0 Å². The van der Waals surface area contributed by atoms with Gasteiger partial charge in [0.15, 0.2) is 23.0 Å². The van der Waals surface area contributed by atoms with E-state index in [0.29, 0.717) is 119 Å². The lowest BCUT2D eigenvalue weighted by Crippen LogP contribution is -2.35. The Bertz CT molecular complexity index is 1250. The second-order valence-electron chi connectivity index (χ2n) is 13.3. The molecule has 2 amide bonds. The number of carbonyl (C=O) groups excluding carboxylic acids is 2. The minimum Gasteiger partial charge on any atom is -0.490 e. The zero-order valence-electron chi connectivity index (χ0n) is 32.2. The van der Waals surface area contributed by atoms with Crippen LogP contribution in [0.3, 0.4) is 0 Å². The highest BCUT2D eigenvalue weighted by Crippen LogP contribution is 2.36. The molecule has 0 saturated carbocycles. The van der Waals surface area contributed by atoms with Crippen molar-refractivity contribution in [3.8, 4) is 23.0 Å². The number of carbonyl (C=O) groups is 3. The van der Waals surface area contributed by atoms with E-state index in [1.54, 1.807) is 24.3 Å². The molecule has 0 unspecified atom stereocenters. The highest BCUT2D eigenvalue weighted by Gasteiger charge is 2.37. The maximum absolute atomic E-state index is 13.4. The van der Waals surface area contributed by atoms with Gasteiger partial charge in [-0.3, -0.25) is 14.4 Å². The molecule has 0 aliphatic rings. The standard InChI is InChI=1S/C41H65N3O8/c1-5-9-28-49-34-20-13-18-32(36(34)51-30-11-7-3)38(45)43-26-16-23-41(40(47)48,22-15-25-42)24-17-27-44-39(46)33-19-14-21-35(50-29-10-6-2)37(33)52-31-12-8-4/h13-14,18-21H,5-12,15-17,22-31,42H2,1-4H3,(H,43,45)(H,44,46)(H,47,48). The van der Waals surface area contributed by atoms with Crippen LogP contribution in [0.2, 0.25) is 0 Å². The molecule has 0 spiro atoms. The topological polar surface area (TPSA) is 158 Å².